The van der Waals surface area contributed by atoms with Crippen molar-refractivity contribution in [1.29, 1.82) is 0 Å². The molecule has 0 fully saturated rings. The Bertz CT molecular complexity index is 868. The molecule has 0 saturated carbocycles. The van der Waals surface area contributed by atoms with Gasteiger partial charge in [0.05, 0.1) is 11.4 Å². The number of hydrogen-bond donors (Lipinski definition) is 1. The highest BCUT2D eigenvalue weighted by Gasteiger charge is 2.11. The lowest BCUT2D eigenvalue weighted by Gasteiger charge is -2.10. The lowest BCUT2D eigenvalue weighted by atomic mass is 10.2. The number of fused-ring (bicyclic) bond motifs is 1. The number of aromatic nitrogens is 2. The molecule has 0 unspecified atom stereocenters. The minimum atomic E-state index is -0.209. The van der Waals surface area contributed by atoms with Crippen LogP contribution in [-0.4, -0.2) is 21.9 Å². The SMILES string of the molecule is Cc1ccccc1OCC(=O)Nc1cccn2c(C)c(C)nc12. The number of benzene rings is 1. The highest BCUT2D eigenvalue weighted by molar-refractivity contribution is 5.95. The summed E-state index contributed by atoms with van der Waals surface area (Å²) >= 11 is 0. The van der Waals surface area contributed by atoms with Crippen LogP contribution in [0, 0.1) is 20.8 Å². The van der Waals surface area contributed by atoms with E-state index in [0.29, 0.717) is 11.4 Å². The van der Waals surface area contributed by atoms with E-state index in [2.05, 4.69) is 10.3 Å². The van der Waals surface area contributed by atoms with Gasteiger partial charge in [-0.3, -0.25) is 4.79 Å². The number of anilines is 1. The van der Waals surface area contributed by atoms with Gasteiger partial charge in [0.2, 0.25) is 0 Å². The van der Waals surface area contributed by atoms with Crippen LogP contribution >= 0.6 is 0 Å². The van der Waals surface area contributed by atoms with Gasteiger partial charge in [-0.1, -0.05) is 18.2 Å². The summed E-state index contributed by atoms with van der Waals surface area (Å²) in [4.78, 5) is 16.7. The molecule has 1 aromatic carbocycles. The molecule has 3 rings (SSSR count). The van der Waals surface area contributed by atoms with Gasteiger partial charge in [0.1, 0.15) is 5.75 Å². The maximum atomic E-state index is 12.2. The van der Waals surface area contributed by atoms with Crippen molar-refractivity contribution >= 4 is 17.2 Å². The fraction of sp³-hybridized carbons (Fsp3) is 0.222. The third kappa shape index (κ3) is 3.04. The van der Waals surface area contributed by atoms with E-state index in [-0.39, 0.29) is 12.5 Å². The fourth-order valence-corrected chi connectivity index (χ4v) is 2.44. The van der Waals surface area contributed by atoms with Crippen LogP contribution in [0.3, 0.4) is 0 Å². The number of nitrogens with zero attached hydrogens (tertiary/aromatic N) is 2. The second-order valence-electron chi connectivity index (χ2n) is 5.50. The number of pyridine rings is 1. The smallest absolute Gasteiger partial charge is 0.262 e. The number of amides is 1. The first kappa shape index (κ1) is 15.1. The summed E-state index contributed by atoms with van der Waals surface area (Å²) < 4.78 is 7.54. The lowest BCUT2D eigenvalue weighted by Crippen LogP contribution is -2.20. The Labute approximate surface area is 134 Å². The molecule has 0 aliphatic rings. The van der Waals surface area contributed by atoms with Crippen molar-refractivity contribution in [3.05, 3.63) is 59.5 Å². The Kier molecular flexibility index (Phi) is 4.02. The summed E-state index contributed by atoms with van der Waals surface area (Å²) in [6.45, 7) is 5.87. The van der Waals surface area contributed by atoms with Crippen molar-refractivity contribution < 1.29 is 9.53 Å². The number of imidazole rings is 1. The van der Waals surface area contributed by atoms with Crippen LogP contribution in [-0.2, 0) is 4.79 Å². The van der Waals surface area contributed by atoms with Crippen molar-refractivity contribution in [2.75, 3.05) is 11.9 Å². The van der Waals surface area contributed by atoms with Gasteiger partial charge in [0.15, 0.2) is 12.3 Å². The highest BCUT2D eigenvalue weighted by Crippen LogP contribution is 2.20. The number of nitrogens with one attached hydrogen (secondary N) is 1. The molecule has 23 heavy (non-hydrogen) atoms. The third-order valence-electron chi connectivity index (χ3n) is 3.85. The van der Waals surface area contributed by atoms with Crippen molar-refractivity contribution in [1.82, 2.24) is 9.38 Å². The number of ether oxygens (including phenoxy) is 1. The van der Waals surface area contributed by atoms with Gasteiger partial charge in [-0.05, 0) is 44.5 Å². The van der Waals surface area contributed by atoms with E-state index in [1.807, 2.05) is 67.8 Å². The third-order valence-corrected chi connectivity index (χ3v) is 3.85. The number of carbonyl (C=O) groups is 1. The molecule has 3 aromatic rings. The predicted molar refractivity (Wildman–Crippen MR) is 90.0 cm³/mol. The first-order valence-electron chi connectivity index (χ1n) is 7.49. The second-order valence-corrected chi connectivity index (χ2v) is 5.50. The van der Waals surface area contributed by atoms with Gasteiger partial charge in [0, 0.05) is 11.9 Å². The van der Waals surface area contributed by atoms with E-state index in [0.717, 1.165) is 22.6 Å². The minimum Gasteiger partial charge on any atom is -0.483 e. The molecule has 0 atom stereocenters. The van der Waals surface area contributed by atoms with Crippen LogP contribution in [0.4, 0.5) is 5.69 Å². The van der Waals surface area contributed by atoms with E-state index in [4.69, 9.17) is 4.74 Å². The molecule has 2 heterocycles. The number of para-hydroxylation sites is 1. The Morgan fingerprint density at radius 1 is 1.17 bits per heavy atom. The zero-order valence-electron chi connectivity index (χ0n) is 13.5. The molecule has 0 radical (unpaired) electrons. The van der Waals surface area contributed by atoms with E-state index < -0.39 is 0 Å². The fourth-order valence-electron chi connectivity index (χ4n) is 2.44. The maximum Gasteiger partial charge on any atom is 0.262 e. The normalized spacial score (nSPS) is 10.7. The summed E-state index contributed by atoms with van der Waals surface area (Å²) in [6, 6.07) is 11.4. The molecule has 1 N–H and O–H groups in total. The van der Waals surface area contributed by atoms with Gasteiger partial charge in [-0.2, -0.15) is 0 Å². The molecule has 5 heteroatoms. The summed E-state index contributed by atoms with van der Waals surface area (Å²) in [7, 11) is 0. The number of carbonyl (C=O) groups excluding carboxylic acids is 1. The quantitative estimate of drug-likeness (QED) is 0.804. The number of aryl methyl sites for hydroxylation is 3. The van der Waals surface area contributed by atoms with Crippen LogP contribution in [0.25, 0.3) is 5.65 Å². The van der Waals surface area contributed by atoms with E-state index >= 15 is 0 Å². The van der Waals surface area contributed by atoms with Gasteiger partial charge in [0.25, 0.3) is 5.91 Å². The maximum absolute atomic E-state index is 12.2. The Morgan fingerprint density at radius 3 is 2.74 bits per heavy atom. The van der Waals surface area contributed by atoms with E-state index in [9.17, 15) is 4.79 Å². The largest absolute Gasteiger partial charge is 0.483 e. The average molecular weight is 309 g/mol. The van der Waals surface area contributed by atoms with Crippen LogP contribution in [0.2, 0.25) is 0 Å². The standard InChI is InChI=1S/C18H19N3O2/c1-12-7-4-5-9-16(12)23-11-17(22)20-15-8-6-10-21-14(3)13(2)19-18(15)21/h4-10H,11H2,1-3H3,(H,20,22). The zero-order valence-corrected chi connectivity index (χ0v) is 13.5. The molecule has 0 aliphatic carbocycles. The molecule has 0 aliphatic heterocycles. The first-order chi connectivity index (χ1) is 11.1. The Balaban J connectivity index is 1.73. The van der Waals surface area contributed by atoms with Gasteiger partial charge >= 0.3 is 0 Å². The summed E-state index contributed by atoms with van der Waals surface area (Å²) in [6.07, 6.45) is 1.93. The van der Waals surface area contributed by atoms with E-state index in [1.54, 1.807) is 0 Å². The predicted octanol–water partition coefficient (Wildman–Crippen LogP) is 3.28. The summed E-state index contributed by atoms with van der Waals surface area (Å²) in [5, 5.41) is 2.87. The monoisotopic (exact) mass is 309 g/mol. The topological polar surface area (TPSA) is 55.6 Å². The molecule has 5 nitrogen and oxygen atoms in total. The lowest BCUT2D eigenvalue weighted by molar-refractivity contribution is -0.118. The summed E-state index contributed by atoms with van der Waals surface area (Å²) in [5.74, 6) is 0.507. The van der Waals surface area contributed by atoms with Crippen LogP contribution < -0.4 is 10.1 Å². The number of rotatable bonds is 4. The van der Waals surface area contributed by atoms with Gasteiger partial charge in [-0.25, -0.2) is 4.98 Å². The zero-order chi connectivity index (χ0) is 16.4. The molecule has 0 saturated heterocycles. The van der Waals surface area contributed by atoms with Crippen LogP contribution in [0.5, 0.6) is 5.75 Å². The molecular formula is C18H19N3O2. The van der Waals surface area contributed by atoms with Crippen molar-refractivity contribution in [2.24, 2.45) is 0 Å². The molecule has 118 valence electrons. The van der Waals surface area contributed by atoms with Crippen molar-refractivity contribution in [3.8, 4) is 5.75 Å². The van der Waals surface area contributed by atoms with Crippen molar-refractivity contribution in [3.63, 3.8) is 0 Å². The molecule has 0 spiro atoms. The number of hydrogen-bond acceptors (Lipinski definition) is 3. The van der Waals surface area contributed by atoms with Crippen molar-refractivity contribution in [2.45, 2.75) is 20.8 Å². The minimum absolute atomic E-state index is 0.0371. The Morgan fingerprint density at radius 2 is 1.96 bits per heavy atom. The molecular weight excluding hydrogens is 290 g/mol. The highest BCUT2D eigenvalue weighted by atomic mass is 16.5. The van der Waals surface area contributed by atoms with Crippen LogP contribution in [0.1, 0.15) is 17.0 Å². The first-order valence-corrected chi connectivity index (χ1v) is 7.49. The summed E-state index contributed by atoms with van der Waals surface area (Å²) in [5.41, 5.74) is 4.44. The van der Waals surface area contributed by atoms with Crippen LogP contribution in [0.15, 0.2) is 42.6 Å². The molecule has 2 aromatic heterocycles. The van der Waals surface area contributed by atoms with E-state index in [1.165, 1.54) is 0 Å². The van der Waals surface area contributed by atoms with Gasteiger partial charge < -0.3 is 14.5 Å². The molecule has 1 amide bonds. The second kappa shape index (κ2) is 6.12. The average Bonchev–Trinajstić information content (AvgIpc) is 2.83. The Hall–Kier alpha value is -2.82. The molecule has 0 bridgehead atoms. The van der Waals surface area contributed by atoms with Gasteiger partial charge in [-0.15, -0.1) is 0 Å².